The first-order valence-electron chi connectivity index (χ1n) is 11.8. The molecule has 0 aliphatic heterocycles. The number of ether oxygens (including phenoxy) is 1. The number of aromatic nitrogens is 5. The van der Waals surface area contributed by atoms with Crippen LogP contribution in [0.25, 0.3) is 11.2 Å². The minimum atomic E-state index is -0.556. The van der Waals surface area contributed by atoms with E-state index in [1.807, 2.05) is 50.2 Å². The number of benzene rings is 1. The van der Waals surface area contributed by atoms with Crippen LogP contribution in [0.1, 0.15) is 40.7 Å². The number of rotatable bonds is 10. The molecule has 0 saturated heterocycles. The zero-order chi connectivity index (χ0) is 25.1. The van der Waals surface area contributed by atoms with Gasteiger partial charge in [0, 0.05) is 37.2 Å². The molecular formula is C26H31N5O4. The number of aryl methyl sites for hydroxylation is 1. The number of carbonyl (C=O) groups is 1. The van der Waals surface area contributed by atoms with Gasteiger partial charge in [-0.05, 0) is 31.9 Å². The predicted molar refractivity (Wildman–Crippen MR) is 134 cm³/mol. The lowest BCUT2D eigenvalue weighted by atomic mass is 10.1. The summed E-state index contributed by atoms with van der Waals surface area (Å²) in [6, 6.07) is 11.3. The largest absolute Gasteiger partial charge is 0.383 e. The molecule has 184 valence electrons. The van der Waals surface area contributed by atoms with Crippen LogP contribution in [0.5, 0.6) is 0 Å². The number of Topliss-reactive ketones (excluding diaryl/α,β-unsaturated/α-hetero) is 1. The third kappa shape index (κ3) is 4.64. The first-order chi connectivity index (χ1) is 16.9. The summed E-state index contributed by atoms with van der Waals surface area (Å²) < 4.78 is 11.4. The van der Waals surface area contributed by atoms with E-state index in [0.29, 0.717) is 24.4 Å². The third-order valence-corrected chi connectivity index (χ3v) is 6.33. The van der Waals surface area contributed by atoms with Crippen LogP contribution in [0.15, 0.2) is 52.3 Å². The molecule has 4 aromatic rings. The molecule has 0 atom stereocenters. The van der Waals surface area contributed by atoms with E-state index >= 15 is 0 Å². The summed E-state index contributed by atoms with van der Waals surface area (Å²) in [6.07, 6.45) is 2.48. The van der Waals surface area contributed by atoms with E-state index in [2.05, 4.69) is 16.5 Å². The molecule has 4 rings (SSSR count). The Morgan fingerprint density at radius 2 is 1.77 bits per heavy atom. The third-order valence-electron chi connectivity index (χ3n) is 6.33. The van der Waals surface area contributed by atoms with Crippen LogP contribution in [0.3, 0.4) is 0 Å². The summed E-state index contributed by atoms with van der Waals surface area (Å²) in [5, 5.41) is 0. The maximum absolute atomic E-state index is 13.6. The molecule has 9 nitrogen and oxygen atoms in total. The summed E-state index contributed by atoms with van der Waals surface area (Å²) >= 11 is 0. The summed E-state index contributed by atoms with van der Waals surface area (Å²) in [7, 11) is 1.58. The average molecular weight is 478 g/mol. The number of hydrogen-bond acceptors (Lipinski definition) is 5. The van der Waals surface area contributed by atoms with Gasteiger partial charge in [-0.3, -0.25) is 18.7 Å². The van der Waals surface area contributed by atoms with Crippen LogP contribution in [0.2, 0.25) is 0 Å². The second-order valence-electron chi connectivity index (χ2n) is 8.71. The van der Waals surface area contributed by atoms with Gasteiger partial charge in [0.15, 0.2) is 16.9 Å². The summed E-state index contributed by atoms with van der Waals surface area (Å²) in [5.41, 5.74) is 2.74. The second kappa shape index (κ2) is 10.3. The van der Waals surface area contributed by atoms with Crippen molar-refractivity contribution in [3.05, 3.63) is 86.1 Å². The van der Waals surface area contributed by atoms with E-state index in [1.54, 1.807) is 11.7 Å². The molecule has 0 saturated carbocycles. The second-order valence-corrected chi connectivity index (χ2v) is 8.71. The molecule has 0 fully saturated rings. The predicted octanol–water partition coefficient (Wildman–Crippen LogP) is 2.77. The van der Waals surface area contributed by atoms with E-state index in [-0.39, 0.29) is 24.4 Å². The minimum Gasteiger partial charge on any atom is -0.383 e. The summed E-state index contributed by atoms with van der Waals surface area (Å²) in [5.74, 6) is -0.270. The molecule has 0 N–H and O–H groups in total. The fraction of sp³-hybridized carbons (Fsp3) is 0.385. The number of nitrogens with zero attached hydrogens (tertiary/aromatic N) is 5. The number of carbonyl (C=O) groups excluding carboxylic acids is 1. The molecule has 0 aliphatic rings. The van der Waals surface area contributed by atoms with Gasteiger partial charge in [0.25, 0.3) is 5.56 Å². The highest BCUT2D eigenvalue weighted by Gasteiger charge is 2.22. The number of methoxy groups -OCH3 is 1. The standard InChI is InChI=1S/C26H31N5O4/c1-5-11-29-18(2)14-21(19(29)3)22(32)16-31-25(33)23-24(27-17-28(23)12-13-35-4)30(26(31)34)15-20-9-7-6-8-10-20/h6-10,14,17H,5,11-13,15-16H2,1-4H3. The van der Waals surface area contributed by atoms with Gasteiger partial charge in [-0.15, -0.1) is 0 Å². The number of fused-ring (bicyclic) bond motifs is 1. The molecule has 3 aromatic heterocycles. The van der Waals surface area contributed by atoms with Gasteiger partial charge >= 0.3 is 5.69 Å². The summed E-state index contributed by atoms with van der Waals surface area (Å²) in [4.78, 5) is 44.8. The smallest absolute Gasteiger partial charge is 0.333 e. The van der Waals surface area contributed by atoms with Crippen LogP contribution >= 0.6 is 0 Å². The average Bonchev–Trinajstić information content (AvgIpc) is 3.40. The van der Waals surface area contributed by atoms with Crippen molar-refractivity contribution < 1.29 is 9.53 Å². The van der Waals surface area contributed by atoms with Crippen LogP contribution in [-0.4, -0.2) is 42.8 Å². The maximum Gasteiger partial charge on any atom is 0.333 e. The molecule has 0 bridgehead atoms. The normalized spacial score (nSPS) is 11.4. The topological polar surface area (TPSA) is 93.0 Å². The maximum atomic E-state index is 13.6. The molecular weight excluding hydrogens is 446 g/mol. The summed E-state index contributed by atoms with van der Waals surface area (Å²) in [6.45, 7) is 7.42. The SMILES string of the molecule is CCCn1c(C)cc(C(=O)Cn2c(=O)c3c(ncn3CCOC)n(Cc3ccccc3)c2=O)c1C. The van der Waals surface area contributed by atoms with Gasteiger partial charge in [0.1, 0.15) is 0 Å². The van der Waals surface area contributed by atoms with Gasteiger partial charge in [-0.1, -0.05) is 37.3 Å². The molecule has 0 spiro atoms. The monoisotopic (exact) mass is 477 g/mol. The van der Waals surface area contributed by atoms with Crippen molar-refractivity contribution >= 4 is 16.9 Å². The highest BCUT2D eigenvalue weighted by atomic mass is 16.5. The van der Waals surface area contributed by atoms with Gasteiger partial charge in [-0.2, -0.15) is 0 Å². The Bertz CT molecular complexity index is 1470. The first-order valence-corrected chi connectivity index (χ1v) is 11.8. The Morgan fingerprint density at radius 3 is 2.46 bits per heavy atom. The molecule has 1 aromatic carbocycles. The zero-order valence-corrected chi connectivity index (χ0v) is 20.7. The molecule has 35 heavy (non-hydrogen) atoms. The highest BCUT2D eigenvalue weighted by molar-refractivity contribution is 5.97. The highest BCUT2D eigenvalue weighted by Crippen LogP contribution is 2.17. The lowest BCUT2D eigenvalue weighted by Gasteiger charge is -2.13. The Balaban J connectivity index is 1.84. The first kappa shape index (κ1) is 24.4. The van der Waals surface area contributed by atoms with Crippen LogP contribution < -0.4 is 11.2 Å². The Hall–Kier alpha value is -3.72. The molecule has 0 unspecified atom stereocenters. The van der Waals surface area contributed by atoms with Crippen molar-refractivity contribution in [2.24, 2.45) is 0 Å². The van der Waals surface area contributed by atoms with Gasteiger partial charge in [-0.25, -0.2) is 9.78 Å². The number of ketones is 1. The van der Waals surface area contributed by atoms with E-state index in [9.17, 15) is 14.4 Å². The van der Waals surface area contributed by atoms with Crippen molar-refractivity contribution in [2.45, 2.75) is 53.4 Å². The quantitative estimate of drug-likeness (QED) is 0.328. The fourth-order valence-corrected chi connectivity index (χ4v) is 4.53. The molecule has 0 radical (unpaired) electrons. The Morgan fingerprint density at radius 1 is 1.03 bits per heavy atom. The molecule has 0 amide bonds. The van der Waals surface area contributed by atoms with Crippen molar-refractivity contribution in [3.8, 4) is 0 Å². The van der Waals surface area contributed by atoms with Crippen molar-refractivity contribution in [1.29, 1.82) is 0 Å². The number of hydrogen-bond donors (Lipinski definition) is 0. The van der Waals surface area contributed by atoms with Gasteiger partial charge < -0.3 is 13.9 Å². The Kier molecular flexibility index (Phi) is 7.16. The fourth-order valence-electron chi connectivity index (χ4n) is 4.53. The van der Waals surface area contributed by atoms with Gasteiger partial charge in [0.2, 0.25) is 0 Å². The zero-order valence-electron chi connectivity index (χ0n) is 20.7. The van der Waals surface area contributed by atoms with Crippen molar-refractivity contribution in [3.63, 3.8) is 0 Å². The van der Waals surface area contributed by atoms with Crippen LogP contribution in [0, 0.1) is 13.8 Å². The van der Waals surface area contributed by atoms with E-state index < -0.39 is 11.2 Å². The van der Waals surface area contributed by atoms with Crippen LogP contribution in [0.4, 0.5) is 0 Å². The van der Waals surface area contributed by atoms with Crippen molar-refractivity contribution in [1.82, 2.24) is 23.3 Å². The Labute approximate surface area is 203 Å². The van der Waals surface area contributed by atoms with Gasteiger partial charge in [0.05, 0.1) is 26.0 Å². The molecule has 0 aliphatic carbocycles. The van der Waals surface area contributed by atoms with E-state index in [1.165, 1.54) is 10.9 Å². The van der Waals surface area contributed by atoms with E-state index in [0.717, 1.165) is 34.5 Å². The number of imidazole rings is 1. The molecule has 9 heteroatoms. The minimum absolute atomic E-state index is 0.233. The lowest BCUT2D eigenvalue weighted by molar-refractivity contribution is 0.0968. The van der Waals surface area contributed by atoms with Crippen molar-refractivity contribution in [2.75, 3.05) is 13.7 Å². The van der Waals surface area contributed by atoms with E-state index in [4.69, 9.17) is 4.74 Å². The lowest BCUT2D eigenvalue weighted by Crippen LogP contribution is -2.42. The molecule has 3 heterocycles. The van der Waals surface area contributed by atoms with Crippen LogP contribution in [-0.2, 0) is 30.9 Å².